The zero-order chi connectivity index (χ0) is 16.9. The zero-order valence-corrected chi connectivity index (χ0v) is 13.0. The maximum absolute atomic E-state index is 12.1. The number of carbonyl (C=O) groups excluding carboxylic acids is 1. The number of benzene rings is 2. The van der Waals surface area contributed by atoms with Gasteiger partial charge in [0, 0.05) is 5.56 Å². The summed E-state index contributed by atoms with van der Waals surface area (Å²) in [6.07, 6.45) is 0. The lowest BCUT2D eigenvalue weighted by Crippen LogP contribution is -2.19. The lowest BCUT2D eigenvalue weighted by atomic mass is 10.1. The van der Waals surface area contributed by atoms with E-state index < -0.39 is 0 Å². The summed E-state index contributed by atoms with van der Waals surface area (Å²) < 4.78 is 0. The van der Waals surface area contributed by atoms with Crippen LogP contribution in [0.1, 0.15) is 23.0 Å². The topological polar surface area (TPSA) is 90.4 Å². The predicted molar refractivity (Wildman–Crippen MR) is 91.8 cm³/mol. The number of aromatic hydroxyl groups is 1. The van der Waals surface area contributed by atoms with Crippen molar-refractivity contribution in [1.82, 2.24) is 15.6 Å². The van der Waals surface area contributed by atoms with E-state index in [4.69, 9.17) is 0 Å². The van der Waals surface area contributed by atoms with Crippen molar-refractivity contribution in [3.63, 3.8) is 0 Å². The summed E-state index contributed by atoms with van der Waals surface area (Å²) in [5.41, 5.74) is 5.88. The van der Waals surface area contributed by atoms with Crippen molar-refractivity contribution in [2.24, 2.45) is 5.10 Å². The number of amides is 1. The molecule has 0 fully saturated rings. The summed E-state index contributed by atoms with van der Waals surface area (Å²) in [5.74, 6) is -0.190. The number of aromatic nitrogens is 2. The van der Waals surface area contributed by atoms with Crippen molar-refractivity contribution in [3.05, 3.63) is 71.9 Å². The van der Waals surface area contributed by atoms with Gasteiger partial charge < -0.3 is 5.11 Å². The Morgan fingerprint density at radius 3 is 2.54 bits per heavy atom. The molecule has 0 radical (unpaired) electrons. The molecular formula is C18H16N4O2. The predicted octanol–water partition coefficient (Wildman–Crippen LogP) is 2.94. The van der Waals surface area contributed by atoms with Crippen molar-refractivity contribution in [1.29, 1.82) is 0 Å². The van der Waals surface area contributed by atoms with Crippen LogP contribution in [-0.4, -0.2) is 26.9 Å². The van der Waals surface area contributed by atoms with Gasteiger partial charge in [0.1, 0.15) is 11.4 Å². The first-order chi connectivity index (χ1) is 11.6. The molecule has 3 aromatic rings. The molecule has 0 aliphatic carbocycles. The molecule has 3 N–H and O–H groups in total. The minimum atomic E-state index is -0.372. The largest absolute Gasteiger partial charge is 0.508 e. The van der Waals surface area contributed by atoms with E-state index in [1.807, 2.05) is 30.3 Å². The molecule has 120 valence electrons. The number of hydrogen-bond donors (Lipinski definition) is 3. The number of aromatic amines is 1. The Labute approximate surface area is 138 Å². The quantitative estimate of drug-likeness (QED) is 0.510. The van der Waals surface area contributed by atoms with E-state index in [0.29, 0.717) is 17.1 Å². The second-order valence-corrected chi connectivity index (χ2v) is 5.22. The monoisotopic (exact) mass is 320 g/mol. The standard InChI is InChI=1S/C18H16N4O2/c1-12(13-7-9-15(23)10-8-13)19-22-18(24)17-11-16(20-21-17)14-5-3-2-4-6-14/h2-11,23H,1H3,(H,20,21)(H,22,24)/b19-12-. The van der Waals surface area contributed by atoms with Gasteiger partial charge >= 0.3 is 0 Å². The third kappa shape index (κ3) is 3.49. The number of rotatable bonds is 4. The molecule has 6 nitrogen and oxygen atoms in total. The molecule has 0 aliphatic rings. The van der Waals surface area contributed by atoms with Crippen LogP contribution in [0.15, 0.2) is 65.8 Å². The molecule has 0 bridgehead atoms. The second-order valence-electron chi connectivity index (χ2n) is 5.22. The Morgan fingerprint density at radius 1 is 1.12 bits per heavy atom. The highest BCUT2D eigenvalue weighted by molar-refractivity contribution is 6.00. The van der Waals surface area contributed by atoms with E-state index in [1.54, 1.807) is 37.3 Å². The van der Waals surface area contributed by atoms with Crippen LogP contribution in [0.3, 0.4) is 0 Å². The Balaban J connectivity index is 1.70. The average Bonchev–Trinajstić information content (AvgIpc) is 3.11. The van der Waals surface area contributed by atoms with Crippen molar-refractivity contribution in [2.75, 3.05) is 0 Å². The third-order valence-corrected chi connectivity index (χ3v) is 3.50. The Morgan fingerprint density at radius 2 is 1.83 bits per heavy atom. The minimum Gasteiger partial charge on any atom is -0.508 e. The number of hydrazone groups is 1. The van der Waals surface area contributed by atoms with E-state index in [-0.39, 0.29) is 11.7 Å². The van der Waals surface area contributed by atoms with E-state index in [9.17, 15) is 9.90 Å². The summed E-state index contributed by atoms with van der Waals surface area (Å²) in [4.78, 5) is 12.1. The minimum absolute atomic E-state index is 0.182. The molecule has 2 aromatic carbocycles. The fourth-order valence-electron chi connectivity index (χ4n) is 2.16. The summed E-state index contributed by atoms with van der Waals surface area (Å²) in [5, 5.41) is 20.2. The van der Waals surface area contributed by atoms with E-state index in [1.165, 1.54) is 0 Å². The van der Waals surface area contributed by atoms with Crippen LogP contribution in [-0.2, 0) is 0 Å². The van der Waals surface area contributed by atoms with Gasteiger partial charge in [0.05, 0.1) is 11.4 Å². The molecule has 0 unspecified atom stereocenters. The molecule has 24 heavy (non-hydrogen) atoms. The summed E-state index contributed by atoms with van der Waals surface area (Å²) >= 11 is 0. The van der Waals surface area contributed by atoms with Crippen molar-refractivity contribution >= 4 is 11.6 Å². The van der Waals surface area contributed by atoms with Gasteiger partial charge in [-0.2, -0.15) is 10.2 Å². The number of carbonyl (C=O) groups is 1. The Bertz CT molecular complexity index is 868. The number of H-pyrrole nitrogens is 1. The smallest absolute Gasteiger partial charge is 0.289 e. The number of nitrogens with one attached hydrogen (secondary N) is 2. The van der Waals surface area contributed by atoms with Crippen LogP contribution in [0, 0.1) is 0 Å². The number of hydrogen-bond acceptors (Lipinski definition) is 4. The fourth-order valence-corrected chi connectivity index (χ4v) is 2.16. The van der Waals surface area contributed by atoms with Gasteiger partial charge in [-0.15, -0.1) is 0 Å². The first-order valence-electron chi connectivity index (χ1n) is 7.38. The molecule has 3 rings (SSSR count). The average molecular weight is 320 g/mol. The molecule has 0 saturated carbocycles. The normalized spacial score (nSPS) is 11.3. The molecule has 6 heteroatoms. The molecule has 0 spiro atoms. The van der Waals surface area contributed by atoms with Crippen LogP contribution in [0.5, 0.6) is 5.75 Å². The highest BCUT2D eigenvalue weighted by Gasteiger charge is 2.10. The number of phenolic OH excluding ortho intramolecular Hbond substituents is 1. The van der Waals surface area contributed by atoms with Crippen LogP contribution in [0.2, 0.25) is 0 Å². The number of phenols is 1. The van der Waals surface area contributed by atoms with Gasteiger partial charge in [0.15, 0.2) is 0 Å². The van der Waals surface area contributed by atoms with E-state index >= 15 is 0 Å². The molecule has 1 amide bonds. The van der Waals surface area contributed by atoms with Gasteiger partial charge in [-0.25, -0.2) is 5.43 Å². The highest BCUT2D eigenvalue weighted by atomic mass is 16.3. The molecule has 0 aliphatic heterocycles. The van der Waals surface area contributed by atoms with Gasteiger partial charge in [0.2, 0.25) is 0 Å². The molecule has 1 heterocycles. The maximum Gasteiger partial charge on any atom is 0.289 e. The summed E-state index contributed by atoms with van der Waals surface area (Å²) in [6.45, 7) is 1.77. The van der Waals surface area contributed by atoms with E-state index in [0.717, 1.165) is 11.1 Å². The first kappa shape index (κ1) is 15.5. The molecule has 0 atom stereocenters. The van der Waals surface area contributed by atoms with Crippen LogP contribution in [0.4, 0.5) is 0 Å². The lowest BCUT2D eigenvalue weighted by Gasteiger charge is -2.02. The summed E-state index contributed by atoms with van der Waals surface area (Å²) in [7, 11) is 0. The van der Waals surface area contributed by atoms with Crippen molar-refractivity contribution in [3.8, 4) is 17.0 Å². The van der Waals surface area contributed by atoms with Gasteiger partial charge in [0.25, 0.3) is 5.91 Å². The van der Waals surface area contributed by atoms with Crippen molar-refractivity contribution < 1.29 is 9.90 Å². The molecule has 0 saturated heterocycles. The second kappa shape index (κ2) is 6.78. The molecule has 1 aromatic heterocycles. The van der Waals surface area contributed by atoms with Gasteiger partial charge in [-0.1, -0.05) is 30.3 Å². The highest BCUT2D eigenvalue weighted by Crippen LogP contribution is 2.16. The zero-order valence-electron chi connectivity index (χ0n) is 13.0. The van der Waals surface area contributed by atoms with Crippen molar-refractivity contribution in [2.45, 2.75) is 6.92 Å². The SMILES string of the molecule is C/C(=N/NC(=O)c1cc(-c2ccccc2)n[nH]1)c1ccc(O)cc1. The van der Waals surface area contributed by atoms with Crippen LogP contribution < -0.4 is 5.43 Å². The Hall–Kier alpha value is -3.41. The fraction of sp³-hybridized carbons (Fsp3) is 0.0556. The van der Waals surface area contributed by atoms with E-state index in [2.05, 4.69) is 20.7 Å². The lowest BCUT2D eigenvalue weighted by molar-refractivity contribution is 0.0950. The number of nitrogens with zero attached hydrogens (tertiary/aromatic N) is 2. The summed E-state index contributed by atoms with van der Waals surface area (Å²) in [6, 6.07) is 17.9. The van der Waals surface area contributed by atoms with Gasteiger partial charge in [-0.05, 0) is 42.8 Å². The molecular weight excluding hydrogens is 304 g/mol. The maximum atomic E-state index is 12.1. The van der Waals surface area contributed by atoms with Crippen LogP contribution in [0.25, 0.3) is 11.3 Å². The van der Waals surface area contributed by atoms with Gasteiger partial charge in [-0.3, -0.25) is 9.89 Å². The third-order valence-electron chi connectivity index (χ3n) is 3.50. The first-order valence-corrected chi connectivity index (χ1v) is 7.38. The van der Waals surface area contributed by atoms with Crippen LogP contribution >= 0.6 is 0 Å². The Kier molecular flexibility index (Phi) is 4.38.